The van der Waals surface area contributed by atoms with E-state index in [2.05, 4.69) is 31.2 Å². The molecule has 0 aliphatic heterocycles. The number of rotatable bonds is 5. The smallest absolute Gasteiger partial charge is 0.0843 e. The first kappa shape index (κ1) is 15.5. The number of benzene rings is 1. The van der Waals surface area contributed by atoms with E-state index in [1.807, 2.05) is 35.0 Å². The van der Waals surface area contributed by atoms with Gasteiger partial charge in [-0.15, -0.1) is 0 Å². The number of hydrogen-bond acceptors (Lipinski definition) is 4. The maximum absolute atomic E-state index is 10.2. The van der Waals surface area contributed by atoms with E-state index < -0.39 is 6.10 Å². The van der Waals surface area contributed by atoms with Gasteiger partial charge in [0.15, 0.2) is 0 Å². The van der Waals surface area contributed by atoms with Crippen LogP contribution in [0.2, 0.25) is 0 Å². The highest BCUT2D eigenvalue weighted by Gasteiger charge is 2.14. The summed E-state index contributed by atoms with van der Waals surface area (Å²) in [5.41, 5.74) is 1.83. The molecule has 114 valence electrons. The Labute approximate surface area is 124 Å². The van der Waals surface area contributed by atoms with E-state index in [1.54, 1.807) is 0 Å². The first-order valence-electron chi connectivity index (χ1n) is 7.09. The van der Waals surface area contributed by atoms with Crippen molar-refractivity contribution >= 4 is 17.1 Å². The first-order chi connectivity index (χ1) is 9.90. The molecular weight excluding hydrogens is 266 g/mol. The number of nitrogens with one attached hydrogen (secondary N) is 1. The monoisotopic (exact) mass is 289 g/mol. The molecule has 1 aromatic heterocycles. The van der Waals surface area contributed by atoms with Crippen LogP contribution in [0.4, 0.5) is 0 Å². The topological polar surface area (TPSA) is 69.8 Å². The summed E-state index contributed by atoms with van der Waals surface area (Å²) in [4.78, 5) is 0. The summed E-state index contributed by atoms with van der Waals surface area (Å²) in [6.45, 7) is 7.23. The van der Waals surface area contributed by atoms with Gasteiger partial charge < -0.3 is 20.2 Å². The van der Waals surface area contributed by atoms with Gasteiger partial charge in [-0.2, -0.15) is 0 Å². The van der Waals surface area contributed by atoms with E-state index in [4.69, 9.17) is 5.21 Å². The van der Waals surface area contributed by atoms with Gasteiger partial charge in [0.2, 0.25) is 0 Å². The normalized spacial score (nSPS) is 14.1. The third-order valence-corrected chi connectivity index (χ3v) is 3.29. The fraction of sp³-hybridized carbons (Fsp3) is 0.438. The molecule has 0 aliphatic rings. The number of β-amino-alcohol motifs (C(OH)–C–C–N with tert-alkyl or cyclic N) is 1. The zero-order valence-corrected chi connectivity index (χ0v) is 12.7. The van der Waals surface area contributed by atoms with Crippen LogP contribution in [0.15, 0.2) is 35.6 Å². The van der Waals surface area contributed by atoms with E-state index in [0.717, 1.165) is 16.5 Å². The average Bonchev–Trinajstić information content (AvgIpc) is 2.75. The highest BCUT2D eigenvalue weighted by Crippen LogP contribution is 2.20. The molecule has 0 bridgehead atoms. The van der Waals surface area contributed by atoms with Crippen molar-refractivity contribution in [3.63, 3.8) is 0 Å². The average molecular weight is 289 g/mol. The third kappa shape index (κ3) is 4.06. The Hall–Kier alpha value is -1.85. The fourth-order valence-corrected chi connectivity index (χ4v) is 2.31. The molecular formula is C16H23N3O2. The standard InChI is InChI=1S/C16H23N3O2/c1-16(2,3)17-9-13(20)11-19-10-12(8-18-21)14-6-4-5-7-15(14)19/h4-8,10,13,17,20-21H,9,11H2,1-3H3/b18-8-. The number of aromatic nitrogens is 1. The molecule has 21 heavy (non-hydrogen) atoms. The molecule has 0 saturated carbocycles. The Morgan fingerprint density at radius 1 is 1.33 bits per heavy atom. The van der Waals surface area contributed by atoms with Crippen LogP contribution >= 0.6 is 0 Å². The SMILES string of the molecule is CC(C)(C)NCC(O)Cn1cc(/C=N\O)c2ccccc21. The second-order valence-electron chi connectivity index (χ2n) is 6.28. The summed E-state index contributed by atoms with van der Waals surface area (Å²) in [5, 5.41) is 26.3. The molecule has 3 N–H and O–H groups in total. The van der Waals surface area contributed by atoms with Crippen molar-refractivity contribution in [1.82, 2.24) is 9.88 Å². The maximum atomic E-state index is 10.2. The molecule has 2 aromatic rings. The molecule has 0 aliphatic carbocycles. The molecule has 2 rings (SSSR count). The van der Waals surface area contributed by atoms with Crippen LogP contribution in [-0.2, 0) is 6.54 Å². The zero-order valence-electron chi connectivity index (χ0n) is 12.7. The predicted octanol–water partition coefficient (Wildman–Crippen LogP) is 2.20. The second kappa shape index (κ2) is 6.28. The van der Waals surface area contributed by atoms with E-state index in [0.29, 0.717) is 13.1 Å². The number of aliphatic hydroxyl groups is 1. The van der Waals surface area contributed by atoms with Gasteiger partial charge in [-0.05, 0) is 26.8 Å². The Morgan fingerprint density at radius 2 is 2.05 bits per heavy atom. The molecule has 0 spiro atoms. The highest BCUT2D eigenvalue weighted by atomic mass is 16.4. The van der Waals surface area contributed by atoms with Crippen molar-refractivity contribution in [3.8, 4) is 0 Å². The minimum Gasteiger partial charge on any atom is -0.411 e. The van der Waals surface area contributed by atoms with Crippen LogP contribution in [-0.4, -0.2) is 39.3 Å². The summed E-state index contributed by atoms with van der Waals surface area (Å²) in [7, 11) is 0. The van der Waals surface area contributed by atoms with Gasteiger partial charge in [0.25, 0.3) is 0 Å². The van der Waals surface area contributed by atoms with E-state index in [9.17, 15) is 5.11 Å². The maximum Gasteiger partial charge on any atom is 0.0843 e. The Morgan fingerprint density at radius 3 is 2.71 bits per heavy atom. The van der Waals surface area contributed by atoms with E-state index >= 15 is 0 Å². The van der Waals surface area contributed by atoms with E-state index in [1.165, 1.54) is 6.21 Å². The minimum absolute atomic E-state index is 0.0194. The molecule has 0 radical (unpaired) electrons. The van der Waals surface area contributed by atoms with Crippen LogP contribution in [0.5, 0.6) is 0 Å². The molecule has 1 unspecified atom stereocenters. The molecule has 1 heterocycles. The molecule has 0 saturated heterocycles. The lowest BCUT2D eigenvalue weighted by molar-refractivity contribution is 0.143. The molecule has 5 heteroatoms. The van der Waals surface area contributed by atoms with Crippen LogP contribution in [0.25, 0.3) is 10.9 Å². The van der Waals surface area contributed by atoms with Gasteiger partial charge in [0.05, 0.1) is 12.3 Å². The lowest BCUT2D eigenvalue weighted by Crippen LogP contribution is -2.41. The Balaban J connectivity index is 2.18. The quantitative estimate of drug-likeness (QED) is 0.449. The number of nitrogens with zero attached hydrogens (tertiary/aromatic N) is 2. The number of para-hydroxylation sites is 1. The summed E-state index contributed by atoms with van der Waals surface area (Å²) in [6, 6.07) is 7.87. The molecule has 1 atom stereocenters. The summed E-state index contributed by atoms with van der Waals surface area (Å²) in [6.07, 6.45) is 2.82. The zero-order chi connectivity index (χ0) is 15.5. The third-order valence-electron chi connectivity index (χ3n) is 3.29. The van der Waals surface area contributed by atoms with Gasteiger partial charge in [-0.3, -0.25) is 0 Å². The van der Waals surface area contributed by atoms with Gasteiger partial charge >= 0.3 is 0 Å². The van der Waals surface area contributed by atoms with E-state index in [-0.39, 0.29) is 5.54 Å². The summed E-state index contributed by atoms with van der Waals surface area (Å²) >= 11 is 0. The van der Waals surface area contributed by atoms with Crippen LogP contribution in [0.1, 0.15) is 26.3 Å². The van der Waals surface area contributed by atoms with Crippen LogP contribution in [0.3, 0.4) is 0 Å². The minimum atomic E-state index is -0.487. The summed E-state index contributed by atoms with van der Waals surface area (Å²) < 4.78 is 1.99. The highest BCUT2D eigenvalue weighted by molar-refractivity contribution is 5.99. The second-order valence-corrected chi connectivity index (χ2v) is 6.28. The predicted molar refractivity (Wildman–Crippen MR) is 85.1 cm³/mol. The van der Waals surface area contributed by atoms with Crippen molar-refractivity contribution < 1.29 is 10.3 Å². The first-order valence-corrected chi connectivity index (χ1v) is 7.09. The van der Waals surface area contributed by atoms with Crippen molar-refractivity contribution in [2.45, 2.75) is 39.0 Å². The number of fused-ring (bicyclic) bond motifs is 1. The van der Waals surface area contributed by atoms with Crippen molar-refractivity contribution in [3.05, 3.63) is 36.0 Å². The molecule has 0 fully saturated rings. The molecule has 1 aromatic carbocycles. The van der Waals surface area contributed by atoms with Gasteiger partial charge in [-0.1, -0.05) is 23.4 Å². The Kier molecular flexibility index (Phi) is 4.65. The fourth-order valence-electron chi connectivity index (χ4n) is 2.31. The lowest BCUT2D eigenvalue weighted by atomic mass is 10.1. The number of hydrogen-bond donors (Lipinski definition) is 3. The van der Waals surface area contributed by atoms with Gasteiger partial charge in [-0.25, -0.2) is 0 Å². The molecule has 0 amide bonds. The van der Waals surface area contributed by atoms with Gasteiger partial charge in [0.1, 0.15) is 0 Å². The number of aliphatic hydroxyl groups excluding tert-OH is 1. The molecule has 5 nitrogen and oxygen atoms in total. The van der Waals surface area contributed by atoms with Gasteiger partial charge in [0, 0.05) is 41.3 Å². The van der Waals surface area contributed by atoms with Crippen molar-refractivity contribution in [2.24, 2.45) is 5.16 Å². The Bertz CT molecular complexity index is 626. The van der Waals surface area contributed by atoms with Crippen LogP contribution in [0, 0.1) is 0 Å². The van der Waals surface area contributed by atoms with Crippen LogP contribution < -0.4 is 5.32 Å². The summed E-state index contributed by atoms with van der Waals surface area (Å²) in [5.74, 6) is 0. The van der Waals surface area contributed by atoms with Crippen molar-refractivity contribution in [1.29, 1.82) is 0 Å². The largest absolute Gasteiger partial charge is 0.411 e. The number of oxime groups is 1. The van der Waals surface area contributed by atoms with Crippen molar-refractivity contribution in [2.75, 3.05) is 6.54 Å². The lowest BCUT2D eigenvalue weighted by Gasteiger charge is -2.23.